The number of carboxylic acids is 1. The number of thiophene rings is 1. The zero-order valence-corrected chi connectivity index (χ0v) is 12.7. The lowest BCUT2D eigenvalue weighted by Crippen LogP contribution is -2.43. The molecule has 106 valence electrons. The average Bonchev–Trinajstić information content (AvgIpc) is 2.73. The summed E-state index contributed by atoms with van der Waals surface area (Å²) in [5, 5.41) is 11.7. The van der Waals surface area contributed by atoms with Gasteiger partial charge in [-0.25, -0.2) is 4.79 Å². The molecule has 0 aromatic carbocycles. The first-order chi connectivity index (χ1) is 8.81. The SMILES string of the molecule is CC(C)CC(NC(=O)C(C)c1ccc(Cl)s1)C(=O)O. The zero-order valence-electron chi connectivity index (χ0n) is 11.1. The summed E-state index contributed by atoms with van der Waals surface area (Å²) in [5.74, 6) is -1.48. The Morgan fingerprint density at radius 1 is 1.37 bits per heavy atom. The third kappa shape index (κ3) is 4.84. The third-order valence-corrected chi connectivity index (χ3v) is 4.15. The zero-order chi connectivity index (χ0) is 14.6. The van der Waals surface area contributed by atoms with Crippen LogP contribution >= 0.6 is 22.9 Å². The number of halogens is 1. The standard InChI is InChI=1S/C13H18ClNO3S/c1-7(2)6-9(13(17)18)15-12(16)8(3)10-4-5-11(14)19-10/h4-5,7-9H,6H2,1-3H3,(H,15,16)(H,17,18). The van der Waals surface area contributed by atoms with E-state index in [1.54, 1.807) is 19.1 Å². The normalized spacial score (nSPS) is 14.2. The highest BCUT2D eigenvalue weighted by atomic mass is 35.5. The van der Waals surface area contributed by atoms with E-state index in [0.29, 0.717) is 10.8 Å². The molecule has 19 heavy (non-hydrogen) atoms. The summed E-state index contributed by atoms with van der Waals surface area (Å²) in [6.07, 6.45) is 0.416. The predicted octanol–water partition coefficient (Wildman–Crippen LogP) is 3.12. The summed E-state index contributed by atoms with van der Waals surface area (Å²) in [5.41, 5.74) is 0. The van der Waals surface area contributed by atoms with Crippen LogP contribution in [0.2, 0.25) is 4.34 Å². The Bertz CT molecular complexity index is 458. The molecule has 1 heterocycles. The molecule has 0 fully saturated rings. The van der Waals surface area contributed by atoms with E-state index in [1.165, 1.54) is 11.3 Å². The van der Waals surface area contributed by atoms with Crippen LogP contribution in [0.4, 0.5) is 0 Å². The van der Waals surface area contributed by atoms with Crippen molar-refractivity contribution in [3.63, 3.8) is 0 Å². The highest BCUT2D eigenvalue weighted by Crippen LogP contribution is 2.28. The summed E-state index contributed by atoms with van der Waals surface area (Å²) in [6, 6.07) is 2.68. The summed E-state index contributed by atoms with van der Waals surface area (Å²) < 4.78 is 0.617. The number of carbonyl (C=O) groups excluding carboxylic acids is 1. The topological polar surface area (TPSA) is 66.4 Å². The molecule has 0 saturated carbocycles. The molecule has 2 atom stereocenters. The van der Waals surface area contributed by atoms with Gasteiger partial charge in [-0.15, -0.1) is 11.3 Å². The molecule has 2 N–H and O–H groups in total. The second kappa shape index (κ2) is 6.91. The van der Waals surface area contributed by atoms with Gasteiger partial charge in [-0.05, 0) is 31.4 Å². The molecule has 0 aliphatic heterocycles. The molecule has 4 nitrogen and oxygen atoms in total. The van der Waals surface area contributed by atoms with E-state index < -0.39 is 17.9 Å². The number of nitrogens with one attached hydrogen (secondary N) is 1. The summed E-state index contributed by atoms with van der Waals surface area (Å²) in [7, 11) is 0. The first-order valence-electron chi connectivity index (χ1n) is 6.09. The van der Waals surface area contributed by atoms with Gasteiger partial charge >= 0.3 is 5.97 Å². The van der Waals surface area contributed by atoms with Gasteiger partial charge in [-0.1, -0.05) is 25.4 Å². The number of rotatable bonds is 6. The number of amides is 1. The van der Waals surface area contributed by atoms with Crippen molar-refractivity contribution in [1.29, 1.82) is 0 Å². The minimum atomic E-state index is -1.00. The monoisotopic (exact) mass is 303 g/mol. The maximum atomic E-state index is 12.0. The molecule has 0 aliphatic carbocycles. The summed E-state index contributed by atoms with van der Waals surface area (Å²) >= 11 is 7.16. The minimum absolute atomic E-state index is 0.202. The summed E-state index contributed by atoms with van der Waals surface area (Å²) in [4.78, 5) is 24.0. The lowest BCUT2D eigenvalue weighted by Gasteiger charge is -2.18. The third-order valence-electron chi connectivity index (χ3n) is 2.74. The van der Waals surface area contributed by atoms with Gasteiger partial charge in [0.2, 0.25) is 5.91 Å². The minimum Gasteiger partial charge on any atom is -0.480 e. The van der Waals surface area contributed by atoms with Crippen molar-refractivity contribution in [3.05, 3.63) is 21.3 Å². The molecule has 0 saturated heterocycles. The molecule has 1 aromatic rings. The number of hydrogen-bond donors (Lipinski definition) is 2. The second-order valence-electron chi connectivity index (χ2n) is 4.89. The Morgan fingerprint density at radius 2 is 2.00 bits per heavy atom. The smallest absolute Gasteiger partial charge is 0.326 e. The number of aliphatic carboxylic acids is 1. The largest absolute Gasteiger partial charge is 0.480 e. The van der Waals surface area contributed by atoms with Crippen molar-refractivity contribution >= 4 is 34.8 Å². The Hall–Kier alpha value is -1.07. The number of hydrogen-bond acceptors (Lipinski definition) is 3. The first-order valence-corrected chi connectivity index (χ1v) is 7.29. The number of carbonyl (C=O) groups is 2. The molecule has 1 rings (SSSR count). The van der Waals surface area contributed by atoms with Crippen molar-refractivity contribution in [1.82, 2.24) is 5.32 Å². The Labute approximate surface area is 121 Å². The number of carboxylic acid groups (broad SMARTS) is 1. The van der Waals surface area contributed by atoms with Gasteiger partial charge in [0.25, 0.3) is 0 Å². The molecule has 1 amide bonds. The van der Waals surface area contributed by atoms with Gasteiger partial charge in [0.15, 0.2) is 0 Å². The van der Waals surface area contributed by atoms with E-state index in [2.05, 4.69) is 5.32 Å². The van der Waals surface area contributed by atoms with Crippen molar-refractivity contribution in [3.8, 4) is 0 Å². The highest BCUT2D eigenvalue weighted by Gasteiger charge is 2.25. The molecule has 2 unspecified atom stereocenters. The van der Waals surface area contributed by atoms with Crippen molar-refractivity contribution in [2.75, 3.05) is 0 Å². The first kappa shape index (κ1) is 16.0. The van der Waals surface area contributed by atoms with Crippen LogP contribution in [-0.4, -0.2) is 23.0 Å². The second-order valence-corrected chi connectivity index (χ2v) is 6.64. The molecule has 0 radical (unpaired) electrons. The summed E-state index contributed by atoms with van der Waals surface area (Å²) in [6.45, 7) is 5.58. The molecule has 0 bridgehead atoms. The fraction of sp³-hybridized carbons (Fsp3) is 0.538. The van der Waals surface area contributed by atoms with E-state index >= 15 is 0 Å². The van der Waals surface area contributed by atoms with Crippen molar-refractivity contribution in [2.24, 2.45) is 5.92 Å². The van der Waals surface area contributed by atoms with Gasteiger partial charge in [-0.2, -0.15) is 0 Å². The lowest BCUT2D eigenvalue weighted by molar-refractivity contribution is -0.142. The molecule has 0 aliphatic rings. The highest BCUT2D eigenvalue weighted by molar-refractivity contribution is 7.16. The Morgan fingerprint density at radius 3 is 2.42 bits per heavy atom. The average molecular weight is 304 g/mol. The Kier molecular flexibility index (Phi) is 5.82. The maximum absolute atomic E-state index is 12.0. The fourth-order valence-electron chi connectivity index (χ4n) is 1.68. The van der Waals surface area contributed by atoms with Crippen LogP contribution in [0, 0.1) is 5.92 Å². The van der Waals surface area contributed by atoms with Crippen molar-refractivity contribution in [2.45, 2.75) is 39.2 Å². The quantitative estimate of drug-likeness (QED) is 0.848. The van der Waals surface area contributed by atoms with Gasteiger partial charge in [-0.3, -0.25) is 4.79 Å². The lowest BCUT2D eigenvalue weighted by atomic mass is 10.0. The molecule has 0 spiro atoms. The maximum Gasteiger partial charge on any atom is 0.326 e. The van der Waals surface area contributed by atoms with Crippen LogP contribution in [0.15, 0.2) is 12.1 Å². The molecule has 1 aromatic heterocycles. The Balaban J connectivity index is 2.68. The van der Waals surface area contributed by atoms with Crippen LogP contribution in [0.5, 0.6) is 0 Å². The van der Waals surface area contributed by atoms with Gasteiger partial charge < -0.3 is 10.4 Å². The van der Waals surface area contributed by atoms with E-state index in [0.717, 1.165) is 4.88 Å². The van der Waals surface area contributed by atoms with Gasteiger partial charge in [0.05, 0.1) is 10.3 Å². The van der Waals surface area contributed by atoms with Crippen LogP contribution < -0.4 is 5.32 Å². The fourth-order valence-corrected chi connectivity index (χ4v) is 2.79. The van der Waals surface area contributed by atoms with Crippen molar-refractivity contribution < 1.29 is 14.7 Å². The van der Waals surface area contributed by atoms with Gasteiger partial charge in [0, 0.05) is 4.88 Å². The van der Waals surface area contributed by atoms with Crippen LogP contribution in [0.1, 0.15) is 38.0 Å². The van der Waals surface area contributed by atoms with E-state index in [-0.39, 0.29) is 11.8 Å². The molecular formula is C13H18ClNO3S. The van der Waals surface area contributed by atoms with E-state index in [4.69, 9.17) is 16.7 Å². The van der Waals surface area contributed by atoms with E-state index in [1.807, 2.05) is 13.8 Å². The van der Waals surface area contributed by atoms with Crippen LogP contribution in [0.3, 0.4) is 0 Å². The van der Waals surface area contributed by atoms with Gasteiger partial charge in [0.1, 0.15) is 6.04 Å². The van der Waals surface area contributed by atoms with E-state index in [9.17, 15) is 9.59 Å². The van der Waals surface area contributed by atoms with Crippen LogP contribution in [-0.2, 0) is 9.59 Å². The molecule has 6 heteroatoms. The van der Waals surface area contributed by atoms with Crippen LogP contribution in [0.25, 0.3) is 0 Å². The predicted molar refractivity (Wildman–Crippen MR) is 76.8 cm³/mol. The molecular weight excluding hydrogens is 286 g/mol.